The van der Waals surface area contributed by atoms with E-state index in [0.29, 0.717) is 5.88 Å². The van der Waals surface area contributed by atoms with Gasteiger partial charge >= 0.3 is 0 Å². The van der Waals surface area contributed by atoms with Gasteiger partial charge in [0.2, 0.25) is 0 Å². The molecule has 0 atom stereocenters. The van der Waals surface area contributed by atoms with Crippen LogP contribution in [0.1, 0.15) is 17.2 Å². The van der Waals surface area contributed by atoms with Crippen LogP contribution in [0.4, 0.5) is 0 Å². The smallest absolute Gasteiger partial charge is 0.160 e. The molecular weight excluding hydrogens is 276 g/mol. The molecule has 0 saturated heterocycles. The second-order valence-corrected chi connectivity index (χ2v) is 4.99. The van der Waals surface area contributed by atoms with Gasteiger partial charge in [-0.1, -0.05) is 0 Å². The number of pyridine rings is 1. The van der Waals surface area contributed by atoms with E-state index in [0.717, 1.165) is 41.3 Å². The topological polar surface area (TPSA) is 61.4 Å². The number of hydrogen-bond acceptors (Lipinski definition) is 4. The van der Waals surface area contributed by atoms with Crippen molar-refractivity contribution in [3.63, 3.8) is 0 Å². The Hall–Kier alpha value is -1.95. The standard InChI is InChI=1S/C13H15ClN6/c1-9-3-5-15-13-12(9)17-11(7-14)20(13)6-4-10-18-16-8-19(10)2/h3,5,8H,4,6-7H2,1-2H3. The summed E-state index contributed by atoms with van der Waals surface area (Å²) in [6.45, 7) is 2.77. The van der Waals surface area contributed by atoms with E-state index in [1.807, 2.05) is 24.6 Å². The quantitative estimate of drug-likeness (QED) is 0.688. The summed E-state index contributed by atoms with van der Waals surface area (Å²) in [5, 5.41) is 7.98. The highest BCUT2D eigenvalue weighted by Gasteiger charge is 2.13. The zero-order valence-electron chi connectivity index (χ0n) is 11.4. The van der Waals surface area contributed by atoms with Gasteiger partial charge in [0.25, 0.3) is 0 Å². The monoisotopic (exact) mass is 290 g/mol. The summed E-state index contributed by atoms with van der Waals surface area (Å²) in [4.78, 5) is 9.01. The minimum Gasteiger partial charge on any atom is -0.321 e. The molecule has 0 N–H and O–H groups in total. The van der Waals surface area contributed by atoms with Crippen LogP contribution >= 0.6 is 11.6 Å². The number of imidazole rings is 1. The van der Waals surface area contributed by atoms with Crippen LogP contribution in [-0.2, 0) is 25.9 Å². The van der Waals surface area contributed by atoms with E-state index in [4.69, 9.17) is 11.6 Å². The Balaban J connectivity index is 1.98. The van der Waals surface area contributed by atoms with E-state index < -0.39 is 0 Å². The number of fused-ring (bicyclic) bond motifs is 1. The molecule has 0 bridgehead atoms. The van der Waals surface area contributed by atoms with Crippen molar-refractivity contribution >= 4 is 22.8 Å². The molecule has 20 heavy (non-hydrogen) atoms. The van der Waals surface area contributed by atoms with Gasteiger partial charge < -0.3 is 9.13 Å². The summed E-state index contributed by atoms with van der Waals surface area (Å²) in [5.74, 6) is 2.14. The van der Waals surface area contributed by atoms with Crippen molar-refractivity contribution in [2.24, 2.45) is 7.05 Å². The van der Waals surface area contributed by atoms with Crippen LogP contribution in [0.3, 0.4) is 0 Å². The van der Waals surface area contributed by atoms with Crippen molar-refractivity contribution in [2.45, 2.75) is 25.8 Å². The zero-order valence-corrected chi connectivity index (χ0v) is 12.2. The number of nitrogens with zero attached hydrogens (tertiary/aromatic N) is 6. The van der Waals surface area contributed by atoms with Crippen molar-refractivity contribution in [3.05, 3.63) is 35.8 Å². The van der Waals surface area contributed by atoms with E-state index in [2.05, 4.69) is 24.7 Å². The largest absolute Gasteiger partial charge is 0.321 e. The van der Waals surface area contributed by atoms with E-state index in [1.54, 1.807) is 12.5 Å². The van der Waals surface area contributed by atoms with Gasteiger partial charge in [-0.2, -0.15) is 0 Å². The number of rotatable bonds is 4. The van der Waals surface area contributed by atoms with Gasteiger partial charge in [0.15, 0.2) is 5.65 Å². The Morgan fingerprint density at radius 2 is 2.15 bits per heavy atom. The second-order valence-electron chi connectivity index (χ2n) is 4.72. The molecule has 0 saturated carbocycles. The normalized spacial score (nSPS) is 11.3. The summed E-state index contributed by atoms with van der Waals surface area (Å²) in [5.41, 5.74) is 2.91. The van der Waals surface area contributed by atoms with Crippen molar-refractivity contribution in [3.8, 4) is 0 Å². The lowest BCUT2D eigenvalue weighted by atomic mass is 10.3. The highest BCUT2D eigenvalue weighted by atomic mass is 35.5. The average molecular weight is 291 g/mol. The van der Waals surface area contributed by atoms with E-state index in [1.165, 1.54) is 0 Å². The van der Waals surface area contributed by atoms with Gasteiger partial charge in [-0.05, 0) is 18.6 Å². The molecule has 0 aliphatic heterocycles. The molecule has 104 valence electrons. The average Bonchev–Trinajstić information content (AvgIpc) is 3.01. The van der Waals surface area contributed by atoms with Gasteiger partial charge in [-0.25, -0.2) is 9.97 Å². The van der Waals surface area contributed by atoms with Crippen LogP contribution in [0.2, 0.25) is 0 Å². The van der Waals surface area contributed by atoms with Gasteiger partial charge in [0.05, 0.1) is 5.88 Å². The number of hydrogen-bond donors (Lipinski definition) is 0. The third kappa shape index (κ3) is 2.16. The molecule has 0 spiro atoms. The summed E-state index contributed by atoms with van der Waals surface area (Å²) in [6.07, 6.45) is 4.27. The first-order valence-corrected chi connectivity index (χ1v) is 6.93. The fraction of sp³-hybridized carbons (Fsp3) is 0.385. The number of aromatic nitrogens is 6. The molecule has 3 aromatic heterocycles. The maximum absolute atomic E-state index is 6.00. The third-order valence-corrected chi connectivity index (χ3v) is 3.64. The van der Waals surface area contributed by atoms with Crippen LogP contribution < -0.4 is 0 Å². The van der Waals surface area contributed by atoms with Crippen molar-refractivity contribution < 1.29 is 0 Å². The Kier molecular flexibility index (Phi) is 3.40. The first-order chi connectivity index (χ1) is 9.70. The lowest BCUT2D eigenvalue weighted by Crippen LogP contribution is -2.08. The Labute approximate surface area is 121 Å². The Morgan fingerprint density at radius 3 is 2.85 bits per heavy atom. The maximum atomic E-state index is 6.00. The van der Waals surface area contributed by atoms with E-state index >= 15 is 0 Å². The van der Waals surface area contributed by atoms with Crippen LogP contribution in [0.15, 0.2) is 18.6 Å². The molecule has 0 radical (unpaired) electrons. The van der Waals surface area contributed by atoms with Crippen LogP contribution in [0, 0.1) is 6.92 Å². The highest BCUT2D eigenvalue weighted by molar-refractivity contribution is 6.16. The second kappa shape index (κ2) is 5.20. The fourth-order valence-corrected chi connectivity index (χ4v) is 2.47. The zero-order chi connectivity index (χ0) is 14.1. The minimum absolute atomic E-state index is 0.370. The molecule has 0 amide bonds. The molecule has 3 heterocycles. The molecule has 0 fully saturated rings. The number of alkyl halides is 1. The lowest BCUT2D eigenvalue weighted by Gasteiger charge is -2.06. The van der Waals surface area contributed by atoms with Crippen LogP contribution in [0.5, 0.6) is 0 Å². The minimum atomic E-state index is 0.370. The highest BCUT2D eigenvalue weighted by Crippen LogP contribution is 2.19. The first kappa shape index (κ1) is 13.1. The molecule has 7 heteroatoms. The molecule has 3 aromatic rings. The predicted molar refractivity (Wildman–Crippen MR) is 76.5 cm³/mol. The van der Waals surface area contributed by atoms with Gasteiger partial charge in [0.1, 0.15) is 23.5 Å². The Morgan fingerprint density at radius 1 is 1.30 bits per heavy atom. The molecule has 0 aromatic carbocycles. The molecule has 0 aliphatic carbocycles. The van der Waals surface area contributed by atoms with E-state index in [9.17, 15) is 0 Å². The predicted octanol–water partition coefficient (Wildman–Crippen LogP) is 1.85. The van der Waals surface area contributed by atoms with Crippen LogP contribution in [0.25, 0.3) is 11.2 Å². The van der Waals surface area contributed by atoms with Crippen molar-refractivity contribution in [1.82, 2.24) is 29.3 Å². The Bertz CT molecular complexity index is 744. The lowest BCUT2D eigenvalue weighted by molar-refractivity contribution is 0.641. The first-order valence-electron chi connectivity index (χ1n) is 6.40. The third-order valence-electron chi connectivity index (χ3n) is 3.40. The summed E-state index contributed by atoms with van der Waals surface area (Å²) in [6, 6.07) is 1.96. The fourth-order valence-electron chi connectivity index (χ4n) is 2.27. The van der Waals surface area contributed by atoms with Gasteiger partial charge in [0, 0.05) is 26.2 Å². The number of halogens is 1. The summed E-state index contributed by atoms with van der Waals surface area (Å²) < 4.78 is 3.97. The number of aryl methyl sites for hydroxylation is 4. The van der Waals surface area contributed by atoms with Gasteiger partial charge in [-0.3, -0.25) is 0 Å². The molecule has 0 aliphatic rings. The molecule has 3 rings (SSSR count). The SMILES string of the molecule is Cc1ccnc2c1nc(CCl)n2CCc1nncn1C. The molecule has 0 unspecified atom stereocenters. The van der Waals surface area contributed by atoms with Crippen molar-refractivity contribution in [2.75, 3.05) is 0 Å². The van der Waals surface area contributed by atoms with Crippen LogP contribution in [-0.4, -0.2) is 29.3 Å². The summed E-state index contributed by atoms with van der Waals surface area (Å²) >= 11 is 6.00. The van der Waals surface area contributed by atoms with E-state index in [-0.39, 0.29) is 0 Å². The maximum Gasteiger partial charge on any atom is 0.160 e. The van der Waals surface area contributed by atoms with Crippen molar-refractivity contribution in [1.29, 1.82) is 0 Å². The molecular formula is C13H15ClN6. The molecule has 6 nitrogen and oxygen atoms in total. The summed E-state index contributed by atoms with van der Waals surface area (Å²) in [7, 11) is 1.94. The van der Waals surface area contributed by atoms with Gasteiger partial charge in [-0.15, -0.1) is 21.8 Å².